The van der Waals surface area contributed by atoms with E-state index in [2.05, 4.69) is 5.16 Å². The highest BCUT2D eigenvalue weighted by Gasteiger charge is 1.96. The molecule has 0 saturated heterocycles. The number of ether oxygens (including phenoxy) is 1. The SMILES string of the molecule is CCOc1ccc(/C=N\OC(=O)/C=C/c2ccccc2)cc1. The summed E-state index contributed by atoms with van der Waals surface area (Å²) in [6.07, 6.45) is 4.49. The van der Waals surface area contributed by atoms with Crippen LogP contribution in [0.1, 0.15) is 18.1 Å². The van der Waals surface area contributed by atoms with Gasteiger partial charge in [0.2, 0.25) is 0 Å². The summed E-state index contributed by atoms with van der Waals surface area (Å²) >= 11 is 0. The van der Waals surface area contributed by atoms with Gasteiger partial charge in [0.25, 0.3) is 0 Å². The number of carbonyl (C=O) groups is 1. The molecule has 0 unspecified atom stereocenters. The molecule has 0 aliphatic rings. The van der Waals surface area contributed by atoms with E-state index in [1.54, 1.807) is 6.08 Å². The van der Waals surface area contributed by atoms with Gasteiger partial charge in [0.15, 0.2) is 0 Å². The molecule has 2 aromatic carbocycles. The molecule has 0 spiro atoms. The molecule has 0 atom stereocenters. The van der Waals surface area contributed by atoms with E-state index in [0.717, 1.165) is 16.9 Å². The molecule has 0 heterocycles. The lowest BCUT2D eigenvalue weighted by Crippen LogP contribution is -1.95. The number of oxime groups is 1. The van der Waals surface area contributed by atoms with Crippen LogP contribution in [-0.4, -0.2) is 18.8 Å². The predicted molar refractivity (Wildman–Crippen MR) is 86.8 cm³/mol. The molecule has 4 heteroatoms. The third kappa shape index (κ3) is 5.25. The number of hydrogen-bond acceptors (Lipinski definition) is 4. The van der Waals surface area contributed by atoms with Crippen molar-refractivity contribution in [2.75, 3.05) is 6.61 Å². The molecule has 22 heavy (non-hydrogen) atoms. The third-order valence-electron chi connectivity index (χ3n) is 2.75. The highest BCUT2D eigenvalue weighted by Crippen LogP contribution is 2.10. The predicted octanol–water partition coefficient (Wildman–Crippen LogP) is 3.68. The Morgan fingerprint density at radius 3 is 2.45 bits per heavy atom. The van der Waals surface area contributed by atoms with Crippen molar-refractivity contribution in [2.24, 2.45) is 5.16 Å². The minimum Gasteiger partial charge on any atom is -0.494 e. The lowest BCUT2D eigenvalue weighted by molar-refractivity contribution is -0.137. The van der Waals surface area contributed by atoms with Crippen LogP contribution in [0.25, 0.3) is 6.08 Å². The number of nitrogens with zero attached hydrogens (tertiary/aromatic N) is 1. The van der Waals surface area contributed by atoms with Gasteiger partial charge in [-0.05, 0) is 48.4 Å². The summed E-state index contributed by atoms with van der Waals surface area (Å²) in [6.45, 7) is 2.55. The van der Waals surface area contributed by atoms with Crippen LogP contribution in [0, 0.1) is 0 Å². The summed E-state index contributed by atoms with van der Waals surface area (Å²) in [6, 6.07) is 16.8. The Morgan fingerprint density at radius 2 is 1.77 bits per heavy atom. The molecule has 0 aliphatic heterocycles. The van der Waals surface area contributed by atoms with Gasteiger partial charge < -0.3 is 9.57 Å². The van der Waals surface area contributed by atoms with E-state index in [4.69, 9.17) is 9.57 Å². The Kier molecular flexibility index (Phi) is 5.93. The maximum Gasteiger partial charge on any atom is 0.358 e. The van der Waals surface area contributed by atoms with Crippen LogP contribution in [0.5, 0.6) is 5.75 Å². The zero-order valence-corrected chi connectivity index (χ0v) is 12.3. The molecule has 0 saturated carbocycles. The van der Waals surface area contributed by atoms with Gasteiger partial charge in [0.1, 0.15) is 5.75 Å². The molecule has 0 amide bonds. The van der Waals surface area contributed by atoms with Gasteiger partial charge in [0.05, 0.1) is 12.8 Å². The van der Waals surface area contributed by atoms with Crippen molar-refractivity contribution in [3.8, 4) is 5.75 Å². The van der Waals surface area contributed by atoms with Crippen molar-refractivity contribution >= 4 is 18.3 Å². The molecule has 0 aromatic heterocycles. The number of hydrogen-bond donors (Lipinski definition) is 0. The standard InChI is InChI=1S/C18H17NO3/c1-2-21-17-11-8-16(9-12-17)14-19-22-18(20)13-10-15-6-4-3-5-7-15/h3-14H,2H2,1H3/b13-10+,19-14-. The Labute approximate surface area is 129 Å². The van der Waals surface area contributed by atoms with Gasteiger partial charge in [-0.2, -0.15) is 0 Å². The van der Waals surface area contributed by atoms with Gasteiger partial charge in [-0.15, -0.1) is 0 Å². The minimum atomic E-state index is -0.522. The van der Waals surface area contributed by atoms with Crippen molar-refractivity contribution in [1.82, 2.24) is 0 Å². The summed E-state index contributed by atoms with van der Waals surface area (Å²) < 4.78 is 5.34. The van der Waals surface area contributed by atoms with Crippen LogP contribution in [0.3, 0.4) is 0 Å². The van der Waals surface area contributed by atoms with Gasteiger partial charge in [-0.1, -0.05) is 35.5 Å². The molecule has 112 valence electrons. The smallest absolute Gasteiger partial charge is 0.358 e. The monoisotopic (exact) mass is 295 g/mol. The fourth-order valence-electron chi connectivity index (χ4n) is 1.71. The Morgan fingerprint density at radius 1 is 1.05 bits per heavy atom. The maximum atomic E-state index is 11.5. The highest BCUT2D eigenvalue weighted by atomic mass is 16.7. The lowest BCUT2D eigenvalue weighted by atomic mass is 10.2. The molecule has 2 rings (SSSR count). The molecule has 0 N–H and O–H groups in total. The van der Waals surface area contributed by atoms with Crippen LogP contribution in [0.2, 0.25) is 0 Å². The van der Waals surface area contributed by atoms with E-state index in [-0.39, 0.29) is 0 Å². The summed E-state index contributed by atoms with van der Waals surface area (Å²) in [4.78, 5) is 16.3. The number of carbonyl (C=O) groups excluding carboxylic acids is 1. The van der Waals surface area contributed by atoms with Crippen molar-refractivity contribution in [3.05, 3.63) is 71.8 Å². The molecule has 0 aliphatic carbocycles. The number of rotatable bonds is 6. The first-order chi connectivity index (χ1) is 10.8. The molecular weight excluding hydrogens is 278 g/mol. The molecule has 0 radical (unpaired) electrons. The minimum absolute atomic E-state index is 0.522. The van der Waals surface area contributed by atoms with E-state index in [0.29, 0.717) is 6.61 Å². The van der Waals surface area contributed by atoms with Crippen LogP contribution < -0.4 is 4.74 Å². The lowest BCUT2D eigenvalue weighted by Gasteiger charge is -2.01. The van der Waals surface area contributed by atoms with Crippen LogP contribution in [-0.2, 0) is 9.63 Å². The fraction of sp³-hybridized carbons (Fsp3) is 0.111. The Balaban J connectivity index is 1.84. The Bertz CT molecular complexity index is 646. The number of benzene rings is 2. The van der Waals surface area contributed by atoms with Gasteiger partial charge in [-0.25, -0.2) is 4.79 Å². The first-order valence-corrected chi connectivity index (χ1v) is 6.98. The van der Waals surface area contributed by atoms with Crippen LogP contribution in [0.4, 0.5) is 0 Å². The second-order valence-electron chi connectivity index (χ2n) is 4.39. The molecule has 0 bridgehead atoms. The second-order valence-corrected chi connectivity index (χ2v) is 4.39. The van der Waals surface area contributed by atoms with Crippen molar-refractivity contribution in [1.29, 1.82) is 0 Å². The fourth-order valence-corrected chi connectivity index (χ4v) is 1.71. The first kappa shape index (κ1) is 15.5. The molecule has 0 fully saturated rings. The van der Waals surface area contributed by atoms with E-state index in [9.17, 15) is 4.79 Å². The largest absolute Gasteiger partial charge is 0.494 e. The third-order valence-corrected chi connectivity index (χ3v) is 2.75. The van der Waals surface area contributed by atoms with Crippen LogP contribution >= 0.6 is 0 Å². The summed E-state index contributed by atoms with van der Waals surface area (Å²) in [7, 11) is 0. The zero-order chi connectivity index (χ0) is 15.6. The van der Waals surface area contributed by atoms with Gasteiger partial charge >= 0.3 is 5.97 Å². The summed E-state index contributed by atoms with van der Waals surface area (Å²) in [5, 5.41) is 3.66. The average molecular weight is 295 g/mol. The molecule has 2 aromatic rings. The van der Waals surface area contributed by atoms with Crippen LogP contribution in [0.15, 0.2) is 65.8 Å². The second kappa shape index (κ2) is 8.42. The van der Waals surface area contributed by atoms with E-state index < -0.39 is 5.97 Å². The molecular formula is C18H17NO3. The maximum absolute atomic E-state index is 11.5. The van der Waals surface area contributed by atoms with E-state index in [1.165, 1.54) is 12.3 Å². The Hall–Kier alpha value is -2.88. The van der Waals surface area contributed by atoms with E-state index >= 15 is 0 Å². The quantitative estimate of drug-likeness (QED) is 0.353. The van der Waals surface area contributed by atoms with E-state index in [1.807, 2.05) is 61.5 Å². The normalized spacial score (nSPS) is 11.0. The highest BCUT2D eigenvalue weighted by molar-refractivity contribution is 5.88. The topological polar surface area (TPSA) is 47.9 Å². The molecule has 4 nitrogen and oxygen atoms in total. The van der Waals surface area contributed by atoms with Crippen molar-refractivity contribution in [2.45, 2.75) is 6.92 Å². The summed E-state index contributed by atoms with van der Waals surface area (Å²) in [5.74, 6) is 0.272. The van der Waals surface area contributed by atoms with Crippen molar-refractivity contribution < 1.29 is 14.4 Å². The average Bonchev–Trinajstić information content (AvgIpc) is 2.56. The van der Waals surface area contributed by atoms with Crippen molar-refractivity contribution in [3.63, 3.8) is 0 Å². The van der Waals surface area contributed by atoms with Gasteiger partial charge in [0, 0.05) is 6.08 Å². The summed E-state index contributed by atoms with van der Waals surface area (Å²) in [5.41, 5.74) is 1.75. The zero-order valence-electron chi connectivity index (χ0n) is 12.3. The van der Waals surface area contributed by atoms with Gasteiger partial charge in [-0.3, -0.25) is 0 Å². The first-order valence-electron chi connectivity index (χ1n) is 6.98.